The van der Waals surface area contributed by atoms with Crippen LogP contribution >= 0.6 is 0 Å². The highest BCUT2D eigenvalue weighted by Gasteiger charge is 2.67. The predicted octanol–water partition coefficient (Wildman–Crippen LogP) is 8.21. The lowest BCUT2D eigenvalue weighted by molar-refractivity contribution is -0.239. The fourth-order valence-corrected chi connectivity index (χ4v) is 14.8. The molecule has 0 saturated heterocycles. The standard InChI is InChI=1S/C62H71NO11/c1-61(70,19-20-72-2)34-63-45-23-37(33-64)22-42(27-45)39-15-16-40-32-54(67)74-59-49(40)29-43(58(68)55(59)38-11-4-3-5-12-38)31-53-62(71)51-14-7-6-13-47(51)48-18-17-41-30-52(66)50(56(48)57(41)62)25-36-10-8-9-35(21-36)24-46(65)28-44(26-39)60(69)73-53/h6,8-10,13,17-18,21-23,27-29,38-41,46-48,50-51,53,56-57,63-65,68,70-71H,3-5,7,11-12,14,19-20,24-26,30-34H2,1-2H3. The number of methoxy groups -OCH3 is 1. The van der Waals surface area contributed by atoms with Gasteiger partial charge in [0.2, 0.25) is 0 Å². The van der Waals surface area contributed by atoms with E-state index in [4.69, 9.17) is 14.2 Å². The molecule has 13 atom stereocenters. The molecule has 11 rings (SSSR count). The van der Waals surface area contributed by atoms with Crippen molar-refractivity contribution in [3.05, 3.63) is 123 Å². The van der Waals surface area contributed by atoms with Crippen molar-refractivity contribution in [2.45, 2.75) is 145 Å². The van der Waals surface area contributed by atoms with Crippen LogP contribution in [0.15, 0.2) is 84.5 Å². The number of aliphatic hydroxyl groups excluding tert-OH is 2. The Morgan fingerprint density at radius 2 is 1.69 bits per heavy atom. The summed E-state index contributed by atoms with van der Waals surface area (Å²) in [4.78, 5) is 44.2. The summed E-state index contributed by atoms with van der Waals surface area (Å²) in [6.07, 6.45) is 14.9. The number of ether oxygens (including phenoxy) is 3. The molecule has 8 aliphatic rings. The maximum atomic E-state index is 15.8. The van der Waals surface area contributed by atoms with Crippen LogP contribution in [-0.2, 0) is 49.7 Å². The van der Waals surface area contributed by atoms with Crippen molar-refractivity contribution < 1.29 is 54.1 Å². The SMILES string of the molecule is COCCC(C)(O)CNc1cc(CO)cc(C2C#CC3CC(=O)Oc4c3cc(c(O)c4C3CCCCC3)CC3OC(=O)C(=CC(O)Cc4cccc(c4)CC4C(=O)CC5C=CC6C7C=CCCC7C3(O)C5C46)C2)c1. The van der Waals surface area contributed by atoms with Crippen LogP contribution in [0.25, 0.3) is 0 Å². The third kappa shape index (κ3) is 9.57. The number of fused-ring (bicyclic) bond motifs is 10. The highest BCUT2D eigenvalue weighted by molar-refractivity contribution is 5.89. The van der Waals surface area contributed by atoms with E-state index in [0.29, 0.717) is 71.5 Å². The van der Waals surface area contributed by atoms with Crippen LogP contribution in [-0.4, -0.2) is 86.9 Å². The van der Waals surface area contributed by atoms with Gasteiger partial charge in [0.1, 0.15) is 29.0 Å². The van der Waals surface area contributed by atoms with Gasteiger partial charge in [-0.25, -0.2) is 4.79 Å². The zero-order valence-corrected chi connectivity index (χ0v) is 42.6. The third-order valence-electron chi connectivity index (χ3n) is 18.3. The van der Waals surface area contributed by atoms with Gasteiger partial charge in [-0.2, -0.15) is 0 Å². The van der Waals surface area contributed by atoms with Crippen LogP contribution in [0.2, 0.25) is 0 Å². The quantitative estimate of drug-likeness (QED) is 0.0522. The van der Waals surface area contributed by atoms with Crippen LogP contribution < -0.4 is 10.1 Å². The van der Waals surface area contributed by atoms with Crippen LogP contribution in [0.5, 0.6) is 11.5 Å². The van der Waals surface area contributed by atoms with Gasteiger partial charge < -0.3 is 45.1 Å². The largest absolute Gasteiger partial charge is 0.507 e. The van der Waals surface area contributed by atoms with Crippen molar-refractivity contribution in [3.63, 3.8) is 0 Å². The molecule has 0 aromatic heterocycles. The molecule has 390 valence electrons. The number of Topliss-reactive ketones (excluding diaryl/α,β-unsaturated/α-hetero) is 1. The second-order valence-corrected chi connectivity index (χ2v) is 23.2. The number of hydrogen-bond acceptors (Lipinski definition) is 12. The van der Waals surface area contributed by atoms with Gasteiger partial charge in [-0.1, -0.05) is 85.7 Å². The fourth-order valence-electron chi connectivity index (χ4n) is 14.8. The molecule has 3 heterocycles. The van der Waals surface area contributed by atoms with Crippen molar-refractivity contribution in [1.82, 2.24) is 0 Å². The summed E-state index contributed by atoms with van der Waals surface area (Å²) in [6.45, 7) is 1.93. The molecule has 3 fully saturated rings. The Balaban J connectivity index is 1.13. The first-order valence-corrected chi connectivity index (χ1v) is 27.3. The number of phenols is 1. The van der Waals surface area contributed by atoms with Gasteiger partial charge >= 0.3 is 11.9 Å². The molecule has 3 saturated carbocycles. The van der Waals surface area contributed by atoms with E-state index in [1.165, 1.54) is 0 Å². The molecule has 0 spiro atoms. The van der Waals surface area contributed by atoms with Crippen LogP contribution in [0.3, 0.4) is 0 Å². The third-order valence-corrected chi connectivity index (χ3v) is 18.3. The molecule has 3 aromatic rings. The molecule has 74 heavy (non-hydrogen) atoms. The highest BCUT2D eigenvalue weighted by atomic mass is 16.6. The van der Waals surface area contributed by atoms with Gasteiger partial charge in [0, 0.05) is 86.1 Å². The number of carbonyl (C=O) groups excluding carboxylic acids is 3. The monoisotopic (exact) mass is 1010 g/mol. The Morgan fingerprint density at radius 3 is 2.49 bits per heavy atom. The van der Waals surface area contributed by atoms with E-state index in [9.17, 15) is 35.1 Å². The van der Waals surface area contributed by atoms with Crippen molar-refractivity contribution in [2.24, 2.45) is 41.4 Å². The van der Waals surface area contributed by atoms with Crippen molar-refractivity contribution in [2.75, 3.05) is 25.6 Å². The van der Waals surface area contributed by atoms with E-state index < -0.39 is 59.0 Å². The minimum Gasteiger partial charge on any atom is -0.507 e. The van der Waals surface area contributed by atoms with E-state index in [1.54, 1.807) is 26.2 Å². The first-order valence-electron chi connectivity index (χ1n) is 27.3. The molecule has 12 bridgehead atoms. The number of hydrogen-bond donors (Lipinski definition) is 6. The second kappa shape index (κ2) is 20.5. The number of ketones is 1. The average Bonchev–Trinajstić information content (AvgIpc) is 3.40. The Kier molecular flexibility index (Phi) is 14.0. The van der Waals surface area contributed by atoms with Gasteiger partial charge in [0.15, 0.2) is 0 Å². The lowest BCUT2D eigenvalue weighted by atomic mass is 9.42. The Labute approximate surface area is 434 Å². The lowest BCUT2D eigenvalue weighted by Crippen LogP contribution is -2.70. The average molecular weight is 1010 g/mol. The van der Waals surface area contributed by atoms with E-state index in [-0.39, 0.29) is 97.9 Å². The maximum Gasteiger partial charge on any atom is 0.334 e. The summed E-state index contributed by atoms with van der Waals surface area (Å²) >= 11 is 0. The minimum absolute atomic E-state index is 0.0292. The summed E-state index contributed by atoms with van der Waals surface area (Å²) in [7, 11) is 1.58. The molecule has 0 amide bonds. The maximum absolute atomic E-state index is 15.8. The normalized spacial score (nSPS) is 33.1. The van der Waals surface area contributed by atoms with Crippen molar-refractivity contribution in [3.8, 4) is 23.3 Å². The molecular weight excluding hydrogens is 935 g/mol. The first kappa shape index (κ1) is 50.6. The van der Waals surface area contributed by atoms with Crippen molar-refractivity contribution in [1.29, 1.82) is 0 Å². The number of rotatable bonds is 9. The number of phenolic OH excluding ortho intramolecular Hbond substituents is 1. The van der Waals surface area contributed by atoms with Gasteiger partial charge in [-0.05, 0) is 133 Å². The van der Waals surface area contributed by atoms with Crippen molar-refractivity contribution >= 4 is 23.4 Å². The minimum atomic E-state index is -1.69. The number of nitrogens with one attached hydrogen (secondary N) is 1. The molecule has 0 radical (unpaired) electrons. The van der Waals surface area contributed by atoms with E-state index >= 15 is 4.79 Å². The first-order chi connectivity index (χ1) is 35.7. The molecule has 6 N–H and O–H groups in total. The number of benzene rings is 3. The Bertz CT molecular complexity index is 2850. The molecule has 12 nitrogen and oxygen atoms in total. The number of allylic oxidation sites excluding steroid dienone is 4. The predicted molar refractivity (Wildman–Crippen MR) is 278 cm³/mol. The highest BCUT2D eigenvalue weighted by Crippen LogP contribution is 2.64. The topological polar surface area (TPSA) is 192 Å². The number of aliphatic hydroxyl groups is 4. The van der Waals surface area contributed by atoms with Crippen LogP contribution in [0.1, 0.15) is 134 Å². The number of aromatic hydroxyl groups is 1. The molecular formula is C62H71NO11. The zero-order valence-electron chi connectivity index (χ0n) is 42.6. The van der Waals surface area contributed by atoms with Gasteiger partial charge in [0.05, 0.1) is 30.7 Å². The second-order valence-electron chi connectivity index (χ2n) is 23.2. The van der Waals surface area contributed by atoms with Gasteiger partial charge in [0.25, 0.3) is 0 Å². The summed E-state index contributed by atoms with van der Waals surface area (Å²) in [5.41, 5.74) is 2.61. The molecule has 3 aromatic carbocycles. The Morgan fingerprint density at radius 1 is 0.892 bits per heavy atom. The molecule has 5 aliphatic carbocycles. The summed E-state index contributed by atoms with van der Waals surface area (Å²) in [5.74, 6) is 2.61. The van der Waals surface area contributed by atoms with E-state index in [1.807, 2.05) is 42.5 Å². The number of esters is 2. The lowest BCUT2D eigenvalue weighted by Gasteiger charge is -2.64. The Hall–Kier alpha value is -5.55. The molecule has 12 heteroatoms. The zero-order chi connectivity index (χ0) is 51.5. The smallest absolute Gasteiger partial charge is 0.334 e. The van der Waals surface area contributed by atoms with Gasteiger partial charge in [-0.15, -0.1) is 0 Å². The number of anilines is 1. The van der Waals surface area contributed by atoms with Gasteiger partial charge in [-0.3, -0.25) is 9.59 Å². The van der Waals surface area contributed by atoms with E-state index in [0.717, 1.165) is 43.2 Å². The fraction of sp³-hybridized carbons (Fsp3) is 0.532. The van der Waals surface area contributed by atoms with E-state index in [2.05, 4.69) is 41.5 Å². The van der Waals surface area contributed by atoms with Crippen LogP contribution in [0.4, 0.5) is 5.69 Å². The van der Waals surface area contributed by atoms with Crippen LogP contribution in [0, 0.1) is 53.3 Å². The summed E-state index contributed by atoms with van der Waals surface area (Å²) < 4.78 is 18.5. The summed E-state index contributed by atoms with van der Waals surface area (Å²) in [6, 6.07) is 15.4. The number of carbonyl (C=O) groups is 3. The molecule has 13 unspecified atom stereocenters. The molecule has 3 aliphatic heterocycles. The summed E-state index contributed by atoms with van der Waals surface area (Å²) in [5, 5.41) is 64.7.